The summed E-state index contributed by atoms with van der Waals surface area (Å²) >= 11 is 30.1. The highest BCUT2D eigenvalue weighted by atomic mass is 35.5. The predicted octanol–water partition coefficient (Wildman–Crippen LogP) is 14.2. The van der Waals surface area contributed by atoms with E-state index in [-0.39, 0.29) is 41.6 Å². The van der Waals surface area contributed by atoms with Crippen molar-refractivity contribution in [1.82, 2.24) is 15.1 Å². The predicted molar refractivity (Wildman–Crippen MR) is 271 cm³/mol. The molecule has 0 radical (unpaired) electrons. The number of carbonyl (C=O) groups is 4. The molecule has 2 saturated heterocycles. The first kappa shape index (κ1) is 57.1. The fourth-order valence-electron chi connectivity index (χ4n) is 8.02. The van der Waals surface area contributed by atoms with E-state index in [2.05, 4.69) is 12.2 Å². The number of amides is 2. The highest BCUT2D eigenvalue weighted by molar-refractivity contribution is 6.42. The molecule has 0 saturated carbocycles. The van der Waals surface area contributed by atoms with Gasteiger partial charge in [0.1, 0.15) is 23.6 Å². The van der Waals surface area contributed by atoms with E-state index in [1.54, 1.807) is 40.1 Å². The zero-order chi connectivity index (χ0) is 48.3. The Labute approximate surface area is 422 Å². The van der Waals surface area contributed by atoms with E-state index in [0.29, 0.717) is 82.1 Å². The van der Waals surface area contributed by atoms with Crippen LogP contribution in [0.5, 0.6) is 0 Å². The Morgan fingerprint density at radius 3 is 1.74 bits per heavy atom. The Balaban J connectivity index is 0.000000264. The Morgan fingerprint density at radius 1 is 0.682 bits per heavy atom. The lowest BCUT2D eigenvalue weighted by Gasteiger charge is -2.29. The minimum atomic E-state index is -0.594. The number of nitrogens with one attached hydrogen (secondary N) is 1. The molecule has 0 spiro atoms. The maximum absolute atomic E-state index is 13.2. The van der Waals surface area contributed by atoms with Gasteiger partial charge in [0.25, 0.3) is 0 Å². The number of nitrogens with zero attached hydrogens (tertiary/aromatic N) is 2. The summed E-state index contributed by atoms with van der Waals surface area (Å²) in [6.07, 6.45) is 6.24. The van der Waals surface area contributed by atoms with Crippen LogP contribution in [0.25, 0.3) is 5.76 Å². The van der Waals surface area contributed by atoms with Crippen molar-refractivity contribution < 1.29 is 33.4 Å². The Morgan fingerprint density at radius 2 is 1.21 bits per heavy atom. The third kappa shape index (κ3) is 15.9. The standard InChI is InChI=1S/C19H25Cl2NO3.C16H19Cl2NO3.C15H20ClNO.ClH/c1-5-8-19(16(23)13-6-7-14(20)15(21)11-13)9-10-22(12-19)17(24)25-18(2,3)4;1-16(2,3)22-15(20)19-7-6-14(21-9-8-19)11-4-5-12(17)13(18)10-11;1-3-6-15(7-8-17-10-15)14(18)12-5-4-11(2)13(16)9-12;/h6-7,11H,5,8-10,12H2,1-4H3;4-6,10H,7-9H2,1-3H3;4-5,9,17H,3,6-8,10H2,1-2H3;1H. The zero-order valence-electron chi connectivity index (χ0n) is 39.5. The van der Waals surface area contributed by atoms with E-state index in [1.807, 2.05) is 85.7 Å². The molecule has 16 heteroatoms. The molecule has 364 valence electrons. The molecule has 6 rings (SSSR count). The maximum Gasteiger partial charge on any atom is 0.410 e. The lowest BCUT2D eigenvalue weighted by molar-refractivity contribution is 0.0249. The molecule has 0 aliphatic carbocycles. The fourth-order valence-corrected chi connectivity index (χ4v) is 8.79. The molecule has 0 bridgehead atoms. The Bertz CT molecular complexity index is 2200. The topological polar surface area (TPSA) is 114 Å². The van der Waals surface area contributed by atoms with Gasteiger partial charge in [0.15, 0.2) is 11.6 Å². The number of Topliss-reactive ketones (excluding diaryl/α,β-unsaturated/α-hetero) is 2. The van der Waals surface area contributed by atoms with Gasteiger partial charge in [0, 0.05) is 53.3 Å². The molecule has 3 aliphatic heterocycles. The monoisotopic (exact) mass is 1030 g/mol. The minimum Gasteiger partial charge on any atom is -0.491 e. The number of benzene rings is 3. The van der Waals surface area contributed by atoms with Gasteiger partial charge in [-0.05, 0) is 135 Å². The second-order valence-corrected chi connectivity index (χ2v) is 20.9. The number of hydrogen-bond donors (Lipinski definition) is 1. The molecular weight excluding hydrogens is 967 g/mol. The molecule has 3 aromatic rings. The van der Waals surface area contributed by atoms with E-state index in [1.165, 1.54) is 0 Å². The zero-order valence-corrected chi connectivity index (χ0v) is 44.1. The summed E-state index contributed by atoms with van der Waals surface area (Å²) in [6, 6.07) is 15.9. The molecule has 2 atom stereocenters. The molecule has 2 amide bonds. The third-order valence-corrected chi connectivity index (χ3v) is 13.1. The van der Waals surface area contributed by atoms with Crippen LogP contribution < -0.4 is 5.32 Å². The van der Waals surface area contributed by atoms with Crippen molar-refractivity contribution in [3.05, 3.63) is 108 Å². The van der Waals surface area contributed by atoms with Gasteiger partial charge < -0.3 is 29.3 Å². The maximum atomic E-state index is 13.2. The van der Waals surface area contributed by atoms with Crippen molar-refractivity contribution in [2.75, 3.05) is 45.9 Å². The van der Waals surface area contributed by atoms with Crippen molar-refractivity contribution in [1.29, 1.82) is 0 Å². The van der Waals surface area contributed by atoms with Crippen molar-refractivity contribution in [2.45, 2.75) is 112 Å². The lowest BCUT2D eigenvalue weighted by Crippen LogP contribution is -2.39. The van der Waals surface area contributed by atoms with Crippen LogP contribution in [-0.2, 0) is 14.2 Å². The molecule has 3 heterocycles. The second-order valence-electron chi connectivity index (χ2n) is 18.9. The molecule has 2 unspecified atom stereocenters. The van der Waals surface area contributed by atoms with E-state index in [0.717, 1.165) is 55.5 Å². The van der Waals surface area contributed by atoms with Crippen LogP contribution in [0.4, 0.5) is 9.59 Å². The second kappa shape index (κ2) is 24.9. The minimum absolute atomic E-state index is 0. The molecule has 66 heavy (non-hydrogen) atoms. The summed E-state index contributed by atoms with van der Waals surface area (Å²) in [5, 5.41) is 5.75. The third-order valence-electron chi connectivity index (χ3n) is 11.3. The first-order valence-corrected chi connectivity index (χ1v) is 24.1. The number of rotatable bonds is 9. The van der Waals surface area contributed by atoms with Gasteiger partial charge in [-0.2, -0.15) is 0 Å². The lowest BCUT2D eigenvalue weighted by atomic mass is 9.76. The average molecular weight is 1030 g/mol. The molecule has 1 N–H and O–H groups in total. The van der Waals surface area contributed by atoms with Gasteiger partial charge in [0.2, 0.25) is 0 Å². The van der Waals surface area contributed by atoms with Gasteiger partial charge in [-0.1, -0.05) is 96.8 Å². The molecule has 3 aliphatic rings. The quantitative estimate of drug-likeness (QED) is 0.211. The van der Waals surface area contributed by atoms with Gasteiger partial charge in [-0.3, -0.25) is 9.59 Å². The van der Waals surface area contributed by atoms with E-state index < -0.39 is 16.6 Å². The summed E-state index contributed by atoms with van der Waals surface area (Å²) in [7, 11) is 0. The summed E-state index contributed by atoms with van der Waals surface area (Å²) in [5.74, 6) is 0.944. The largest absolute Gasteiger partial charge is 0.491 e. The van der Waals surface area contributed by atoms with Crippen LogP contribution >= 0.6 is 70.4 Å². The smallest absolute Gasteiger partial charge is 0.410 e. The first-order valence-electron chi connectivity index (χ1n) is 22.2. The summed E-state index contributed by atoms with van der Waals surface area (Å²) < 4.78 is 16.5. The van der Waals surface area contributed by atoms with Gasteiger partial charge >= 0.3 is 12.2 Å². The number of carbonyl (C=O) groups excluding carboxylic acids is 4. The first-order chi connectivity index (χ1) is 30.4. The van der Waals surface area contributed by atoms with Crippen molar-refractivity contribution >= 4 is 99.9 Å². The number of aryl methyl sites for hydroxylation is 1. The normalized spacial score (nSPS) is 19.4. The van der Waals surface area contributed by atoms with Crippen LogP contribution in [0.1, 0.15) is 126 Å². The van der Waals surface area contributed by atoms with Crippen molar-refractivity contribution in [2.24, 2.45) is 10.8 Å². The number of hydrogen-bond acceptors (Lipinski definition) is 8. The molecule has 10 nitrogen and oxygen atoms in total. The van der Waals surface area contributed by atoms with E-state index in [9.17, 15) is 19.2 Å². The highest BCUT2D eigenvalue weighted by Crippen LogP contribution is 2.40. The molecular formula is C50H65Cl6N3O7. The highest BCUT2D eigenvalue weighted by Gasteiger charge is 2.46. The van der Waals surface area contributed by atoms with Crippen LogP contribution in [0.2, 0.25) is 25.1 Å². The van der Waals surface area contributed by atoms with Gasteiger partial charge in [-0.15, -0.1) is 12.4 Å². The number of ketones is 2. The van der Waals surface area contributed by atoms with Gasteiger partial charge in [0.05, 0.1) is 32.1 Å². The Kier molecular flexibility index (Phi) is 21.5. The summed E-state index contributed by atoms with van der Waals surface area (Å²) in [6.45, 7) is 21.1. The summed E-state index contributed by atoms with van der Waals surface area (Å²) in [4.78, 5) is 53.6. The van der Waals surface area contributed by atoms with Gasteiger partial charge in [-0.25, -0.2) is 9.59 Å². The van der Waals surface area contributed by atoms with E-state index >= 15 is 0 Å². The molecule has 0 aromatic heterocycles. The van der Waals surface area contributed by atoms with Crippen molar-refractivity contribution in [3.63, 3.8) is 0 Å². The van der Waals surface area contributed by atoms with E-state index in [4.69, 9.17) is 72.2 Å². The fraction of sp³-hybridized carbons (Fsp3) is 0.520. The molecule has 3 aromatic carbocycles. The number of likely N-dealkylation sites (tertiary alicyclic amines) is 1. The van der Waals surface area contributed by atoms with Crippen LogP contribution in [0.15, 0.2) is 60.7 Å². The molecule has 2 fully saturated rings. The SMILES string of the molecule is CC(C)(C)OC(=O)N1CC=C(c2ccc(Cl)c(Cl)c2)OCC1.CCCC1(C(=O)c2ccc(C)c(Cl)c2)CCNC1.CCCC1(C(=O)c2ccc(Cl)c(Cl)c2)CCN(C(=O)OC(C)(C)C)C1.Cl. The number of halogens is 6. The Hall–Kier alpha value is -3.22. The van der Waals surface area contributed by atoms with Crippen LogP contribution in [0.3, 0.4) is 0 Å². The van der Waals surface area contributed by atoms with Crippen LogP contribution in [-0.4, -0.2) is 90.6 Å². The average Bonchev–Trinajstić information content (AvgIpc) is 3.82. The summed E-state index contributed by atoms with van der Waals surface area (Å²) in [5.41, 5.74) is 1.26. The van der Waals surface area contributed by atoms with Crippen molar-refractivity contribution in [3.8, 4) is 0 Å². The van der Waals surface area contributed by atoms with Crippen LogP contribution in [0, 0.1) is 17.8 Å². The number of ether oxygens (including phenoxy) is 3.